The van der Waals surface area contributed by atoms with Gasteiger partial charge in [0.1, 0.15) is 0 Å². The van der Waals surface area contributed by atoms with Gasteiger partial charge in [0, 0.05) is 23.3 Å². The van der Waals surface area contributed by atoms with Crippen molar-refractivity contribution in [1.82, 2.24) is 9.97 Å². The zero-order chi connectivity index (χ0) is 22.2. The molecule has 0 aliphatic heterocycles. The van der Waals surface area contributed by atoms with Crippen LogP contribution < -0.4 is 20.5 Å². The third kappa shape index (κ3) is 5.44. The Morgan fingerprint density at radius 2 is 2.03 bits per heavy atom. The van der Waals surface area contributed by atoms with Crippen molar-refractivity contribution in [2.75, 3.05) is 19.1 Å². The molecule has 3 rings (SSSR count). The van der Waals surface area contributed by atoms with Crippen molar-refractivity contribution in [3.8, 4) is 22.8 Å². The molecule has 31 heavy (non-hydrogen) atoms. The normalized spacial score (nSPS) is 10.8. The maximum atomic E-state index is 12.0. The van der Waals surface area contributed by atoms with Crippen molar-refractivity contribution in [3.63, 3.8) is 0 Å². The minimum absolute atomic E-state index is 0.0704. The molecule has 2 N–H and O–H groups in total. The standard InChI is InChI=1S/C21H21N5O5/c1-3-9-31-20-17(26(28)29)10-14(11-18(20)30-2)13-22-25-21-23-16(12-19(27)24-21)15-7-5-4-6-8-15/h4-8,10-13H,3,9H2,1-2H3,(H2,23,24,25,27)/b22-13-. The van der Waals surface area contributed by atoms with Gasteiger partial charge in [-0.15, -0.1) is 0 Å². The van der Waals surface area contributed by atoms with Gasteiger partial charge in [0.05, 0.1) is 30.5 Å². The van der Waals surface area contributed by atoms with Crippen LogP contribution in [0.3, 0.4) is 0 Å². The summed E-state index contributed by atoms with van der Waals surface area (Å²) in [6, 6.07) is 13.5. The topological polar surface area (TPSA) is 132 Å². The maximum Gasteiger partial charge on any atom is 0.315 e. The van der Waals surface area contributed by atoms with Crippen LogP contribution in [0.5, 0.6) is 11.5 Å². The van der Waals surface area contributed by atoms with Crippen molar-refractivity contribution in [3.05, 3.63) is 74.6 Å². The van der Waals surface area contributed by atoms with E-state index in [4.69, 9.17) is 9.47 Å². The van der Waals surface area contributed by atoms with Gasteiger partial charge in [-0.2, -0.15) is 5.10 Å². The molecular formula is C21H21N5O5. The van der Waals surface area contributed by atoms with Crippen LogP contribution in [0.1, 0.15) is 18.9 Å². The number of hydrogen-bond acceptors (Lipinski definition) is 8. The number of nitrogens with one attached hydrogen (secondary N) is 2. The minimum atomic E-state index is -0.541. The quantitative estimate of drug-likeness (QED) is 0.305. The molecule has 1 heterocycles. The van der Waals surface area contributed by atoms with E-state index in [1.165, 1.54) is 25.5 Å². The number of hydrogen-bond donors (Lipinski definition) is 2. The van der Waals surface area contributed by atoms with Gasteiger partial charge in [0.2, 0.25) is 11.7 Å². The number of nitro benzene ring substituents is 1. The zero-order valence-electron chi connectivity index (χ0n) is 17.0. The highest BCUT2D eigenvalue weighted by Crippen LogP contribution is 2.38. The van der Waals surface area contributed by atoms with Gasteiger partial charge in [-0.3, -0.25) is 19.9 Å². The Balaban J connectivity index is 1.85. The van der Waals surface area contributed by atoms with Crippen LogP contribution in [0.2, 0.25) is 0 Å². The number of methoxy groups -OCH3 is 1. The van der Waals surface area contributed by atoms with Gasteiger partial charge in [-0.05, 0) is 12.5 Å². The fourth-order valence-corrected chi connectivity index (χ4v) is 2.75. The Morgan fingerprint density at radius 3 is 2.71 bits per heavy atom. The van der Waals surface area contributed by atoms with E-state index < -0.39 is 4.92 Å². The molecule has 0 spiro atoms. The van der Waals surface area contributed by atoms with E-state index >= 15 is 0 Å². The fraction of sp³-hybridized carbons (Fsp3) is 0.190. The number of hydrazone groups is 1. The predicted molar refractivity (Wildman–Crippen MR) is 117 cm³/mol. The van der Waals surface area contributed by atoms with Crippen LogP contribution in [0.15, 0.2) is 58.4 Å². The third-order valence-electron chi connectivity index (χ3n) is 4.12. The molecule has 3 aromatic rings. The van der Waals surface area contributed by atoms with E-state index in [1.807, 2.05) is 37.3 Å². The number of aromatic nitrogens is 2. The summed E-state index contributed by atoms with van der Waals surface area (Å²) in [4.78, 5) is 29.8. The number of aromatic amines is 1. The Hall–Kier alpha value is -4.21. The number of benzene rings is 2. The number of nitrogens with zero attached hydrogens (tertiary/aromatic N) is 3. The molecule has 0 bridgehead atoms. The average Bonchev–Trinajstić information content (AvgIpc) is 2.77. The molecule has 0 atom stereocenters. The molecule has 0 saturated heterocycles. The first-order chi connectivity index (χ1) is 15.0. The van der Waals surface area contributed by atoms with E-state index in [-0.39, 0.29) is 28.7 Å². The summed E-state index contributed by atoms with van der Waals surface area (Å²) in [6.45, 7) is 2.22. The van der Waals surface area contributed by atoms with E-state index in [9.17, 15) is 14.9 Å². The van der Waals surface area contributed by atoms with E-state index in [0.717, 1.165) is 5.56 Å². The lowest BCUT2D eigenvalue weighted by atomic mass is 10.1. The first kappa shape index (κ1) is 21.5. The van der Waals surface area contributed by atoms with E-state index in [0.29, 0.717) is 24.3 Å². The lowest BCUT2D eigenvalue weighted by Gasteiger charge is -2.11. The highest BCUT2D eigenvalue weighted by Gasteiger charge is 2.21. The SMILES string of the molecule is CCCOc1c(OC)cc(/C=N\Nc2nc(-c3ccccc3)cc(=O)[nH]2)cc1[N+](=O)[O-]. The summed E-state index contributed by atoms with van der Waals surface area (Å²) >= 11 is 0. The highest BCUT2D eigenvalue weighted by molar-refractivity contribution is 5.83. The first-order valence-corrected chi connectivity index (χ1v) is 9.47. The van der Waals surface area contributed by atoms with Gasteiger partial charge in [-0.1, -0.05) is 37.3 Å². The van der Waals surface area contributed by atoms with Gasteiger partial charge in [0.25, 0.3) is 5.56 Å². The highest BCUT2D eigenvalue weighted by atomic mass is 16.6. The predicted octanol–water partition coefficient (Wildman–Crippen LogP) is 3.59. The Labute approximate surface area is 177 Å². The molecule has 0 aliphatic rings. The molecule has 160 valence electrons. The monoisotopic (exact) mass is 423 g/mol. The molecule has 0 fully saturated rings. The van der Waals surface area contributed by atoms with Gasteiger partial charge in [0.15, 0.2) is 5.75 Å². The Morgan fingerprint density at radius 1 is 1.26 bits per heavy atom. The number of rotatable bonds is 9. The second-order valence-corrected chi connectivity index (χ2v) is 6.39. The van der Waals surface area contributed by atoms with Crippen LogP contribution in [0.4, 0.5) is 11.6 Å². The molecule has 0 radical (unpaired) electrons. The van der Waals surface area contributed by atoms with Crippen molar-refractivity contribution in [2.24, 2.45) is 5.10 Å². The molecule has 0 aliphatic carbocycles. The summed E-state index contributed by atoms with van der Waals surface area (Å²) in [5.41, 5.74) is 3.73. The lowest BCUT2D eigenvalue weighted by Crippen LogP contribution is -2.10. The van der Waals surface area contributed by atoms with Gasteiger partial charge >= 0.3 is 5.69 Å². The second kappa shape index (κ2) is 10.0. The van der Waals surface area contributed by atoms with Crippen LogP contribution in [0.25, 0.3) is 11.3 Å². The average molecular weight is 423 g/mol. The van der Waals surface area contributed by atoms with Crippen LogP contribution >= 0.6 is 0 Å². The zero-order valence-corrected chi connectivity index (χ0v) is 17.0. The summed E-state index contributed by atoms with van der Waals surface area (Å²) in [7, 11) is 1.40. The van der Waals surface area contributed by atoms with E-state index in [2.05, 4.69) is 20.5 Å². The fourth-order valence-electron chi connectivity index (χ4n) is 2.75. The number of H-pyrrole nitrogens is 1. The molecule has 0 amide bonds. The van der Waals surface area contributed by atoms with Crippen LogP contribution in [0, 0.1) is 10.1 Å². The summed E-state index contributed by atoms with van der Waals surface area (Å²) < 4.78 is 10.7. The molecule has 1 aromatic heterocycles. The van der Waals surface area contributed by atoms with Gasteiger partial charge < -0.3 is 9.47 Å². The second-order valence-electron chi connectivity index (χ2n) is 6.39. The molecule has 0 saturated carbocycles. The van der Waals surface area contributed by atoms with Crippen molar-refractivity contribution in [2.45, 2.75) is 13.3 Å². The molecule has 10 heteroatoms. The lowest BCUT2D eigenvalue weighted by molar-refractivity contribution is -0.386. The number of nitro groups is 1. The number of ether oxygens (including phenoxy) is 2. The van der Waals surface area contributed by atoms with Crippen LogP contribution in [-0.4, -0.2) is 34.8 Å². The third-order valence-corrected chi connectivity index (χ3v) is 4.12. The van der Waals surface area contributed by atoms with Gasteiger partial charge in [-0.25, -0.2) is 10.4 Å². The molecule has 0 unspecified atom stereocenters. The minimum Gasteiger partial charge on any atom is -0.493 e. The molecule has 2 aromatic carbocycles. The Kier molecular flexibility index (Phi) is 6.94. The summed E-state index contributed by atoms with van der Waals surface area (Å²) in [5, 5.41) is 15.5. The first-order valence-electron chi connectivity index (χ1n) is 9.47. The smallest absolute Gasteiger partial charge is 0.315 e. The summed E-state index contributed by atoms with van der Waals surface area (Å²) in [6.07, 6.45) is 2.05. The Bertz CT molecular complexity index is 1140. The maximum absolute atomic E-state index is 12.0. The largest absolute Gasteiger partial charge is 0.493 e. The van der Waals surface area contributed by atoms with Crippen molar-refractivity contribution in [1.29, 1.82) is 0 Å². The molecular weight excluding hydrogens is 402 g/mol. The van der Waals surface area contributed by atoms with Crippen molar-refractivity contribution < 1.29 is 14.4 Å². The van der Waals surface area contributed by atoms with Crippen molar-refractivity contribution >= 4 is 17.9 Å². The molecule has 10 nitrogen and oxygen atoms in total. The summed E-state index contributed by atoms with van der Waals surface area (Å²) in [5.74, 6) is 0.426. The van der Waals surface area contributed by atoms with E-state index in [1.54, 1.807) is 6.07 Å². The number of anilines is 1. The van der Waals surface area contributed by atoms with Crippen LogP contribution in [-0.2, 0) is 0 Å².